The molecule has 9 heteroatoms. The second kappa shape index (κ2) is 11.2. The Morgan fingerprint density at radius 2 is 1.67 bits per heavy atom. The molecule has 0 unspecified atom stereocenters. The van der Waals surface area contributed by atoms with Gasteiger partial charge in [-0.3, -0.25) is 9.69 Å². The van der Waals surface area contributed by atoms with Crippen LogP contribution in [0.15, 0.2) is 53.4 Å². The summed E-state index contributed by atoms with van der Waals surface area (Å²) in [6.45, 7) is 8.26. The maximum Gasteiger partial charge on any atom is 0.241 e. The van der Waals surface area contributed by atoms with Crippen LogP contribution < -0.4 is 10.0 Å². The minimum Gasteiger partial charge on any atom is -0.379 e. The quantitative estimate of drug-likeness (QED) is 0.580. The first-order valence-electron chi connectivity index (χ1n) is 11.1. The molecule has 1 aliphatic heterocycles. The van der Waals surface area contributed by atoms with E-state index in [2.05, 4.69) is 14.9 Å². The number of hydrogen-bond donors (Lipinski definition) is 2. The van der Waals surface area contributed by atoms with Gasteiger partial charge in [0.1, 0.15) is 11.9 Å². The Balaban J connectivity index is 1.73. The lowest BCUT2D eigenvalue weighted by Crippen LogP contribution is -2.51. The van der Waals surface area contributed by atoms with Gasteiger partial charge in [-0.25, -0.2) is 12.8 Å². The highest BCUT2D eigenvalue weighted by molar-refractivity contribution is 7.89. The van der Waals surface area contributed by atoms with Gasteiger partial charge >= 0.3 is 0 Å². The van der Waals surface area contributed by atoms with Gasteiger partial charge in [-0.1, -0.05) is 43.7 Å². The highest BCUT2D eigenvalue weighted by Gasteiger charge is 2.30. The third-order valence-corrected chi connectivity index (χ3v) is 7.23. The first-order valence-corrected chi connectivity index (χ1v) is 12.6. The molecular weight excluding hydrogens is 445 g/mol. The Hall–Kier alpha value is -2.33. The second-order valence-electron chi connectivity index (χ2n) is 8.62. The number of nitrogens with zero attached hydrogens (tertiary/aromatic N) is 1. The summed E-state index contributed by atoms with van der Waals surface area (Å²) in [5.41, 5.74) is 1.82. The molecule has 0 bridgehead atoms. The topological polar surface area (TPSA) is 87.7 Å². The van der Waals surface area contributed by atoms with Gasteiger partial charge in [0, 0.05) is 19.6 Å². The van der Waals surface area contributed by atoms with Gasteiger partial charge in [-0.05, 0) is 42.7 Å². The summed E-state index contributed by atoms with van der Waals surface area (Å²) in [6.07, 6.45) is 0. The van der Waals surface area contributed by atoms with Crippen LogP contribution in [0.3, 0.4) is 0 Å². The average molecular weight is 478 g/mol. The zero-order valence-electron chi connectivity index (χ0n) is 19.3. The number of benzene rings is 2. The van der Waals surface area contributed by atoms with Crippen molar-refractivity contribution in [2.24, 2.45) is 5.92 Å². The molecule has 2 aromatic rings. The third kappa shape index (κ3) is 6.83. The molecule has 0 aliphatic carbocycles. The molecule has 2 aromatic carbocycles. The van der Waals surface area contributed by atoms with E-state index in [1.54, 1.807) is 38.1 Å². The normalized spacial score (nSPS) is 17.0. The van der Waals surface area contributed by atoms with E-state index in [-0.39, 0.29) is 29.2 Å². The van der Waals surface area contributed by atoms with Gasteiger partial charge in [0.15, 0.2) is 0 Å². The second-order valence-corrected chi connectivity index (χ2v) is 10.3. The summed E-state index contributed by atoms with van der Waals surface area (Å²) in [4.78, 5) is 15.4. The molecule has 0 saturated carbocycles. The van der Waals surface area contributed by atoms with E-state index in [9.17, 15) is 17.6 Å². The zero-order valence-corrected chi connectivity index (χ0v) is 20.1. The van der Waals surface area contributed by atoms with Crippen LogP contribution in [0.5, 0.6) is 0 Å². The molecule has 1 saturated heterocycles. The predicted octanol–water partition coefficient (Wildman–Crippen LogP) is 2.63. The Kier molecular flexibility index (Phi) is 8.58. The molecule has 3 rings (SSSR count). The molecule has 1 heterocycles. The number of aryl methyl sites for hydroxylation is 1. The number of rotatable bonds is 9. The monoisotopic (exact) mass is 477 g/mol. The standard InChI is InChI=1S/C24H32FN3O4S/c1-17(2)23(27-33(30,31)21-10-4-18(3)5-11-21)24(29)26-16-22(28-12-14-32-15-13-28)19-6-8-20(25)9-7-19/h4-11,17,22-23,27H,12-16H2,1-3H3,(H,26,29)/t22-,23+/m0/s1. The van der Waals surface area contributed by atoms with Gasteiger partial charge in [0.2, 0.25) is 15.9 Å². The van der Waals surface area contributed by atoms with Crippen molar-refractivity contribution in [1.29, 1.82) is 0 Å². The van der Waals surface area contributed by atoms with E-state index in [0.29, 0.717) is 26.3 Å². The summed E-state index contributed by atoms with van der Waals surface area (Å²) < 4.78 is 47.2. The van der Waals surface area contributed by atoms with Crippen molar-refractivity contribution in [3.63, 3.8) is 0 Å². The van der Waals surface area contributed by atoms with E-state index < -0.39 is 22.0 Å². The van der Waals surface area contributed by atoms with Crippen LogP contribution in [0.4, 0.5) is 4.39 Å². The first-order chi connectivity index (χ1) is 15.7. The van der Waals surface area contributed by atoms with Crippen LogP contribution in [0.25, 0.3) is 0 Å². The number of amides is 1. The summed E-state index contributed by atoms with van der Waals surface area (Å²) >= 11 is 0. The van der Waals surface area contributed by atoms with Crippen molar-refractivity contribution in [3.8, 4) is 0 Å². The highest BCUT2D eigenvalue weighted by Crippen LogP contribution is 2.22. The van der Waals surface area contributed by atoms with Crippen molar-refractivity contribution in [3.05, 3.63) is 65.5 Å². The lowest BCUT2D eigenvalue weighted by Gasteiger charge is -2.35. The first kappa shape index (κ1) is 25.3. The zero-order chi connectivity index (χ0) is 24.0. The number of sulfonamides is 1. The number of morpholine rings is 1. The van der Waals surface area contributed by atoms with Gasteiger partial charge < -0.3 is 10.1 Å². The van der Waals surface area contributed by atoms with Crippen LogP contribution in [0.2, 0.25) is 0 Å². The van der Waals surface area contributed by atoms with E-state index in [1.165, 1.54) is 24.3 Å². The third-order valence-electron chi connectivity index (χ3n) is 5.77. The van der Waals surface area contributed by atoms with E-state index in [4.69, 9.17) is 4.74 Å². The number of carbonyl (C=O) groups is 1. The van der Waals surface area contributed by atoms with Gasteiger partial charge in [-0.15, -0.1) is 0 Å². The SMILES string of the molecule is Cc1ccc(S(=O)(=O)N[C@@H](C(=O)NC[C@@H](c2ccc(F)cc2)N2CCOCC2)C(C)C)cc1. The molecule has 2 N–H and O–H groups in total. The number of carbonyl (C=O) groups excluding carboxylic acids is 1. The summed E-state index contributed by atoms with van der Waals surface area (Å²) in [5, 5.41) is 2.92. The Morgan fingerprint density at radius 1 is 1.06 bits per heavy atom. The smallest absolute Gasteiger partial charge is 0.241 e. The lowest BCUT2D eigenvalue weighted by atomic mass is 10.0. The maximum absolute atomic E-state index is 13.5. The Bertz CT molecular complexity index is 1020. The van der Waals surface area contributed by atoms with Crippen molar-refractivity contribution in [2.75, 3.05) is 32.8 Å². The largest absolute Gasteiger partial charge is 0.379 e. The van der Waals surface area contributed by atoms with Crippen LogP contribution in [-0.4, -0.2) is 58.1 Å². The summed E-state index contributed by atoms with van der Waals surface area (Å²) in [7, 11) is -3.86. The van der Waals surface area contributed by atoms with Gasteiger partial charge in [-0.2, -0.15) is 4.72 Å². The highest BCUT2D eigenvalue weighted by atomic mass is 32.2. The summed E-state index contributed by atoms with van der Waals surface area (Å²) in [5.74, 6) is -0.993. The van der Waals surface area contributed by atoms with Crippen LogP contribution >= 0.6 is 0 Å². The Morgan fingerprint density at radius 3 is 2.24 bits per heavy atom. The van der Waals surface area contributed by atoms with Gasteiger partial charge in [0.25, 0.3) is 0 Å². The van der Waals surface area contributed by atoms with Crippen molar-refractivity contribution in [2.45, 2.75) is 37.8 Å². The fourth-order valence-corrected chi connectivity index (χ4v) is 5.13. The molecule has 0 spiro atoms. The van der Waals surface area contributed by atoms with Crippen LogP contribution in [-0.2, 0) is 19.6 Å². The molecule has 2 atom stereocenters. The molecule has 0 radical (unpaired) electrons. The maximum atomic E-state index is 13.5. The predicted molar refractivity (Wildman–Crippen MR) is 125 cm³/mol. The van der Waals surface area contributed by atoms with Crippen LogP contribution in [0.1, 0.15) is 31.0 Å². The van der Waals surface area contributed by atoms with Crippen molar-refractivity contribution < 1.29 is 22.3 Å². The number of halogens is 1. The van der Waals surface area contributed by atoms with Crippen molar-refractivity contribution >= 4 is 15.9 Å². The fraction of sp³-hybridized carbons (Fsp3) is 0.458. The average Bonchev–Trinajstić information content (AvgIpc) is 2.79. The molecule has 1 fully saturated rings. The molecule has 0 aromatic heterocycles. The van der Waals surface area contributed by atoms with Crippen molar-refractivity contribution in [1.82, 2.24) is 14.9 Å². The van der Waals surface area contributed by atoms with Gasteiger partial charge in [0.05, 0.1) is 24.2 Å². The Labute approximate surface area is 195 Å². The van der Waals surface area contributed by atoms with E-state index in [0.717, 1.165) is 11.1 Å². The molecule has 33 heavy (non-hydrogen) atoms. The number of ether oxygens (including phenoxy) is 1. The van der Waals surface area contributed by atoms with E-state index in [1.807, 2.05) is 6.92 Å². The molecular formula is C24H32FN3O4S. The lowest BCUT2D eigenvalue weighted by molar-refractivity contribution is -0.124. The summed E-state index contributed by atoms with van der Waals surface area (Å²) in [6, 6.07) is 11.6. The van der Waals surface area contributed by atoms with E-state index >= 15 is 0 Å². The molecule has 1 aliphatic rings. The molecule has 1 amide bonds. The van der Waals surface area contributed by atoms with Crippen LogP contribution in [0, 0.1) is 18.7 Å². The number of nitrogens with one attached hydrogen (secondary N) is 2. The molecule has 7 nitrogen and oxygen atoms in total. The minimum absolute atomic E-state index is 0.115. The number of hydrogen-bond acceptors (Lipinski definition) is 5. The fourth-order valence-electron chi connectivity index (χ4n) is 3.78. The molecule has 180 valence electrons. The minimum atomic E-state index is -3.86.